The van der Waals surface area contributed by atoms with Crippen LogP contribution in [0.2, 0.25) is 0 Å². The fourth-order valence-corrected chi connectivity index (χ4v) is 6.48. The van der Waals surface area contributed by atoms with Gasteiger partial charge in [-0.2, -0.15) is 0 Å². The molecule has 0 bridgehead atoms. The third-order valence-electron chi connectivity index (χ3n) is 8.09. The second-order valence-corrected chi connectivity index (χ2v) is 10.2. The van der Waals surface area contributed by atoms with Gasteiger partial charge in [-0.15, -0.1) is 0 Å². The first kappa shape index (κ1) is 21.5. The smallest absolute Gasteiger partial charge is 0.208 e. The lowest BCUT2D eigenvalue weighted by atomic mass is 10.1. The fraction of sp³-hybridized carbons (Fsp3) is 0. The molecule has 0 saturated heterocycles. The van der Waals surface area contributed by atoms with Crippen molar-refractivity contribution >= 4 is 54.6 Å². The number of aromatic nitrogens is 3. The summed E-state index contributed by atoms with van der Waals surface area (Å²) in [7, 11) is 0. The molecule has 0 radical (unpaired) electrons. The average Bonchev–Trinajstić information content (AvgIpc) is 3.77. The van der Waals surface area contributed by atoms with Crippen LogP contribution in [0.4, 0.5) is 0 Å². The molecule has 9 aromatic rings. The molecule has 0 aliphatic carbocycles. The SMILES string of the molecule is c1ccc(-n2c3ccccc3c3c4ccccc4n(-c4ccc(-n5c6ccccc6c6ccccc65)o4)c32)cc1. The first-order valence-corrected chi connectivity index (χ1v) is 13.6. The standard InChI is InChI=1S/C36H23N3O/c1-2-12-24(13-3-1)37-31-20-10-6-16-27(31)35-28-17-7-11-21-32(28)39(36(35)37)34-23-22-33(40-34)38-29-18-8-4-14-25(29)26-15-5-9-19-30(26)38/h1-23H. The van der Waals surface area contributed by atoms with Crippen molar-refractivity contribution in [2.45, 2.75) is 0 Å². The zero-order valence-electron chi connectivity index (χ0n) is 21.5. The summed E-state index contributed by atoms with van der Waals surface area (Å²) in [6, 6.07) is 49.1. The van der Waals surface area contributed by atoms with Crippen LogP contribution in [-0.2, 0) is 0 Å². The van der Waals surface area contributed by atoms with E-state index in [1.807, 2.05) is 0 Å². The summed E-state index contributed by atoms with van der Waals surface area (Å²) in [4.78, 5) is 0. The molecule has 0 atom stereocenters. The van der Waals surface area contributed by atoms with E-state index in [2.05, 4.69) is 153 Å². The number of benzene rings is 5. The van der Waals surface area contributed by atoms with Crippen molar-refractivity contribution in [2.24, 2.45) is 0 Å². The summed E-state index contributed by atoms with van der Waals surface area (Å²) >= 11 is 0. The van der Waals surface area contributed by atoms with E-state index in [1.165, 1.54) is 32.4 Å². The van der Waals surface area contributed by atoms with E-state index in [4.69, 9.17) is 4.42 Å². The van der Waals surface area contributed by atoms with Gasteiger partial charge in [0.05, 0.1) is 22.1 Å². The topological polar surface area (TPSA) is 27.9 Å². The summed E-state index contributed by atoms with van der Waals surface area (Å²) in [5.74, 6) is 1.57. The Morgan fingerprint density at radius 1 is 0.350 bits per heavy atom. The molecule has 4 heteroatoms. The van der Waals surface area contributed by atoms with Crippen molar-refractivity contribution in [1.29, 1.82) is 0 Å². The van der Waals surface area contributed by atoms with Gasteiger partial charge in [-0.25, -0.2) is 0 Å². The predicted molar refractivity (Wildman–Crippen MR) is 164 cm³/mol. The summed E-state index contributed by atoms with van der Waals surface area (Å²) in [5, 5.41) is 6.09. The summed E-state index contributed by atoms with van der Waals surface area (Å²) in [6.45, 7) is 0. The van der Waals surface area contributed by atoms with Gasteiger partial charge in [-0.1, -0.05) is 91.0 Å². The quantitative estimate of drug-likeness (QED) is 0.231. The molecule has 0 fully saturated rings. The number of fused-ring (bicyclic) bond motifs is 8. The van der Waals surface area contributed by atoms with Crippen LogP contribution >= 0.6 is 0 Å². The molecule has 4 nitrogen and oxygen atoms in total. The van der Waals surface area contributed by atoms with Crippen LogP contribution in [0, 0.1) is 0 Å². The van der Waals surface area contributed by atoms with Gasteiger partial charge in [0.1, 0.15) is 5.65 Å². The van der Waals surface area contributed by atoms with Gasteiger partial charge in [0.25, 0.3) is 0 Å². The zero-order valence-corrected chi connectivity index (χ0v) is 21.5. The molecular weight excluding hydrogens is 490 g/mol. The predicted octanol–water partition coefficient (Wildman–Crippen LogP) is 9.42. The average molecular weight is 514 g/mol. The molecule has 0 N–H and O–H groups in total. The number of para-hydroxylation sites is 5. The largest absolute Gasteiger partial charge is 0.423 e. The Bertz CT molecular complexity index is 2330. The molecule has 0 aliphatic heterocycles. The Hall–Kier alpha value is -5.48. The molecule has 40 heavy (non-hydrogen) atoms. The van der Waals surface area contributed by atoms with Crippen LogP contribution in [0.5, 0.6) is 0 Å². The van der Waals surface area contributed by atoms with Gasteiger partial charge in [0.2, 0.25) is 11.8 Å². The number of hydrogen-bond donors (Lipinski definition) is 0. The Balaban J connectivity index is 1.39. The van der Waals surface area contributed by atoms with E-state index in [9.17, 15) is 0 Å². The van der Waals surface area contributed by atoms with Gasteiger partial charge in [-0.05, 0) is 36.4 Å². The highest BCUT2D eigenvalue weighted by molar-refractivity contribution is 6.22. The van der Waals surface area contributed by atoms with E-state index in [1.54, 1.807) is 0 Å². The second kappa shape index (κ2) is 8.01. The zero-order chi connectivity index (χ0) is 26.2. The molecule has 4 heterocycles. The van der Waals surface area contributed by atoms with Crippen molar-refractivity contribution in [1.82, 2.24) is 13.7 Å². The number of rotatable bonds is 3. The number of hydrogen-bond acceptors (Lipinski definition) is 1. The Labute approximate surface area is 229 Å². The van der Waals surface area contributed by atoms with Crippen molar-refractivity contribution in [3.05, 3.63) is 140 Å². The first-order chi connectivity index (χ1) is 19.9. The number of furan rings is 1. The molecule has 188 valence electrons. The van der Waals surface area contributed by atoms with Crippen molar-refractivity contribution in [2.75, 3.05) is 0 Å². The number of nitrogens with zero attached hydrogens (tertiary/aromatic N) is 3. The molecule has 0 amide bonds. The highest BCUT2D eigenvalue weighted by Gasteiger charge is 2.23. The molecule has 5 aromatic carbocycles. The lowest BCUT2D eigenvalue weighted by Crippen LogP contribution is -2.00. The lowest BCUT2D eigenvalue weighted by molar-refractivity contribution is 0.527. The normalized spacial score (nSPS) is 12.0. The van der Waals surface area contributed by atoms with Gasteiger partial charge >= 0.3 is 0 Å². The van der Waals surface area contributed by atoms with Crippen LogP contribution in [0.15, 0.2) is 144 Å². The Morgan fingerprint density at radius 2 is 0.775 bits per heavy atom. The summed E-state index contributed by atoms with van der Waals surface area (Å²) in [6.07, 6.45) is 0. The third kappa shape index (κ3) is 2.79. The van der Waals surface area contributed by atoms with Crippen LogP contribution in [0.3, 0.4) is 0 Å². The summed E-state index contributed by atoms with van der Waals surface area (Å²) in [5.41, 5.74) is 6.76. The lowest BCUT2D eigenvalue weighted by Gasteiger charge is -2.11. The molecule has 0 aliphatic rings. The van der Waals surface area contributed by atoms with Gasteiger partial charge < -0.3 is 4.42 Å². The van der Waals surface area contributed by atoms with Crippen LogP contribution in [0.1, 0.15) is 0 Å². The van der Waals surface area contributed by atoms with E-state index in [-0.39, 0.29) is 0 Å². The highest BCUT2D eigenvalue weighted by Crippen LogP contribution is 2.41. The maximum absolute atomic E-state index is 6.80. The maximum atomic E-state index is 6.80. The second-order valence-electron chi connectivity index (χ2n) is 10.2. The highest BCUT2D eigenvalue weighted by atomic mass is 16.4. The molecule has 0 unspecified atom stereocenters. The van der Waals surface area contributed by atoms with Crippen LogP contribution in [-0.4, -0.2) is 13.7 Å². The van der Waals surface area contributed by atoms with Crippen molar-refractivity contribution in [3.8, 4) is 17.5 Å². The molecule has 4 aromatic heterocycles. The van der Waals surface area contributed by atoms with E-state index in [0.29, 0.717) is 0 Å². The molecular formula is C36H23N3O. The van der Waals surface area contributed by atoms with Gasteiger partial charge in [-0.3, -0.25) is 13.7 Å². The van der Waals surface area contributed by atoms with Crippen LogP contribution < -0.4 is 0 Å². The maximum Gasteiger partial charge on any atom is 0.208 e. The minimum Gasteiger partial charge on any atom is -0.423 e. The minimum absolute atomic E-state index is 0.781. The van der Waals surface area contributed by atoms with Crippen molar-refractivity contribution < 1.29 is 4.42 Å². The third-order valence-corrected chi connectivity index (χ3v) is 8.09. The minimum atomic E-state index is 0.781. The molecule has 0 spiro atoms. The van der Waals surface area contributed by atoms with E-state index < -0.39 is 0 Å². The van der Waals surface area contributed by atoms with Crippen molar-refractivity contribution in [3.63, 3.8) is 0 Å². The molecule has 0 saturated carbocycles. The monoisotopic (exact) mass is 513 g/mol. The van der Waals surface area contributed by atoms with Gasteiger partial charge in [0, 0.05) is 44.8 Å². The Kier molecular flexibility index (Phi) is 4.30. The first-order valence-electron chi connectivity index (χ1n) is 13.6. The van der Waals surface area contributed by atoms with E-state index >= 15 is 0 Å². The summed E-state index contributed by atoms with van der Waals surface area (Å²) < 4.78 is 13.7. The fourth-order valence-electron chi connectivity index (χ4n) is 6.48. The van der Waals surface area contributed by atoms with E-state index in [0.717, 1.165) is 39.7 Å². The van der Waals surface area contributed by atoms with Gasteiger partial charge in [0.15, 0.2) is 0 Å². The van der Waals surface area contributed by atoms with Crippen LogP contribution in [0.25, 0.3) is 72.1 Å². The molecule has 9 rings (SSSR count). The Morgan fingerprint density at radius 3 is 1.35 bits per heavy atom.